The monoisotopic (exact) mass is 456 g/mol. The fourth-order valence-corrected chi connectivity index (χ4v) is 6.87. The molecule has 0 aliphatic heterocycles. The molecule has 11 nitrogen and oxygen atoms in total. The summed E-state index contributed by atoms with van der Waals surface area (Å²) in [4.78, 5) is 22.2. The lowest BCUT2D eigenvalue weighted by molar-refractivity contribution is -0.385. The zero-order valence-corrected chi connectivity index (χ0v) is 18.3. The minimum atomic E-state index is -1.08. The van der Waals surface area contributed by atoms with Crippen LogP contribution >= 0.6 is 0 Å². The van der Waals surface area contributed by atoms with E-state index in [1.165, 1.54) is 11.1 Å². The predicted octanol–water partition coefficient (Wildman–Crippen LogP) is 1.68. The van der Waals surface area contributed by atoms with Crippen molar-refractivity contribution in [3.8, 4) is 0 Å². The number of nitrogens with one attached hydrogen (secondary N) is 1. The third-order valence-corrected chi connectivity index (χ3v) is 7.56. The van der Waals surface area contributed by atoms with Gasteiger partial charge in [0, 0.05) is 19.2 Å². The first-order chi connectivity index (χ1) is 15.7. The number of carbonyl (C=O) groups is 1. The topological polar surface area (TPSA) is 156 Å². The molecule has 1 aromatic carbocycles. The Balaban J connectivity index is 1.26. The van der Waals surface area contributed by atoms with E-state index in [0.29, 0.717) is 23.9 Å². The van der Waals surface area contributed by atoms with Crippen LogP contribution in [0.4, 0.5) is 5.69 Å². The van der Waals surface area contributed by atoms with E-state index in [0.717, 1.165) is 44.2 Å². The number of hydrogen-bond acceptors (Lipinski definition) is 8. The number of nitrogens with zero attached hydrogens (tertiary/aromatic N) is 5. The highest BCUT2D eigenvalue weighted by Crippen LogP contribution is 2.61. The Labute approximate surface area is 190 Å². The molecule has 176 valence electrons. The van der Waals surface area contributed by atoms with Crippen LogP contribution in [-0.2, 0) is 24.3 Å². The lowest BCUT2D eigenvalue weighted by Crippen LogP contribution is -2.58. The van der Waals surface area contributed by atoms with Crippen LogP contribution in [0.5, 0.6) is 0 Å². The van der Waals surface area contributed by atoms with Gasteiger partial charge < -0.3 is 15.5 Å². The molecule has 0 amide bonds. The summed E-state index contributed by atoms with van der Waals surface area (Å²) in [6.07, 6.45) is 5.92. The second kappa shape index (κ2) is 8.14. The molecule has 2 aromatic rings. The maximum Gasteiger partial charge on any atom is 0.311 e. The zero-order chi connectivity index (χ0) is 23.2. The summed E-state index contributed by atoms with van der Waals surface area (Å²) >= 11 is 0. The van der Waals surface area contributed by atoms with Crippen molar-refractivity contribution in [2.75, 3.05) is 6.54 Å². The molecule has 2 atom stereocenters. The normalized spacial score (nSPS) is 30.0. The highest BCUT2D eigenvalue weighted by Gasteiger charge is 2.56. The zero-order valence-electron chi connectivity index (χ0n) is 18.3. The van der Waals surface area contributed by atoms with E-state index < -0.39 is 16.5 Å². The molecule has 0 spiro atoms. The largest absolute Gasteiger partial charge is 0.481 e. The molecule has 3 N–H and O–H groups in total. The molecule has 11 heteroatoms. The quantitative estimate of drug-likeness (QED) is 0.377. The molecule has 4 fully saturated rings. The summed E-state index contributed by atoms with van der Waals surface area (Å²) in [6, 6.07) is 5.06. The molecule has 4 saturated carbocycles. The number of carboxylic acid groups (broad SMARTS) is 1. The predicted molar refractivity (Wildman–Crippen MR) is 115 cm³/mol. The van der Waals surface area contributed by atoms with Crippen LogP contribution in [0.3, 0.4) is 0 Å². The molecule has 0 radical (unpaired) electrons. The number of aliphatic hydroxyl groups is 1. The lowest BCUT2D eigenvalue weighted by atomic mass is 9.48. The van der Waals surface area contributed by atoms with Crippen LogP contribution < -0.4 is 5.32 Å². The molecule has 0 saturated heterocycles. The molecule has 1 aromatic heterocycles. The first-order valence-corrected chi connectivity index (χ1v) is 11.4. The van der Waals surface area contributed by atoms with Crippen LogP contribution in [0.15, 0.2) is 18.2 Å². The first-order valence-electron chi connectivity index (χ1n) is 11.4. The number of nitro benzene ring substituents is 1. The van der Waals surface area contributed by atoms with Crippen LogP contribution in [0.1, 0.15) is 55.5 Å². The smallest absolute Gasteiger partial charge is 0.311 e. The van der Waals surface area contributed by atoms with Crippen molar-refractivity contribution >= 4 is 11.7 Å². The van der Waals surface area contributed by atoms with Gasteiger partial charge in [-0.15, -0.1) is 5.10 Å². The van der Waals surface area contributed by atoms with Crippen molar-refractivity contribution in [2.45, 2.75) is 63.6 Å². The maximum atomic E-state index is 11.7. The molecule has 4 aliphatic carbocycles. The third kappa shape index (κ3) is 4.47. The summed E-state index contributed by atoms with van der Waals surface area (Å²) in [6.45, 7) is 1.33. The minimum Gasteiger partial charge on any atom is -0.481 e. The van der Waals surface area contributed by atoms with E-state index >= 15 is 0 Å². The van der Waals surface area contributed by atoms with E-state index in [1.54, 1.807) is 12.1 Å². The van der Waals surface area contributed by atoms with Crippen LogP contribution in [-0.4, -0.2) is 53.5 Å². The van der Waals surface area contributed by atoms with Crippen molar-refractivity contribution in [3.05, 3.63) is 45.3 Å². The lowest BCUT2D eigenvalue weighted by Gasteiger charge is -2.60. The van der Waals surface area contributed by atoms with Crippen LogP contribution in [0, 0.1) is 27.4 Å². The van der Waals surface area contributed by atoms with Gasteiger partial charge in [0.1, 0.15) is 6.42 Å². The average molecular weight is 457 g/mol. The Bertz CT molecular complexity index is 1070. The summed E-state index contributed by atoms with van der Waals surface area (Å²) in [5.41, 5.74) is 0.797. The summed E-state index contributed by atoms with van der Waals surface area (Å²) < 4.78 is 1.27. The third-order valence-electron chi connectivity index (χ3n) is 7.56. The van der Waals surface area contributed by atoms with Crippen LogP contribution in [0.25, 0.3) is 0 Å². The summed E-state index contributed by atoms with van der Waals surface area (Å²) in [5.74, 6) is 0.305. The standard InChI is InChI=1S/C22H28N6O5/c29-20(30)5-19-24-25-26-27(19)11-17-2-1-14(4-18(17)28(32)33)10-23-13-21-6-15-3-16(7-21)9-22(31,8-15)12-21/h1-2,4,15-16,23,31H,3,5-13H2,(H,29,30). The van der Waals surface area contributed by atoms with Crippen LogP contribution in [0.2, 0.25) is 0 Å². The van der Waals surface area contributed by atoms with E-state index in [-0.39, 0.29) is 29.9 Å². The molecule has 2 unspecified atom stereocenters. The van der Waals surface area contributed by atoms with Gasteiger partial charge in [0.15, 0.2) is 5.82 Å². The van der Waals surface area contributed by atoms with Crippen molar-refractivity contribution in [2.24, 2.45) is 17.3 Å². The Kier molecular flexibility index (Phi) is 5.40. The Morgan fingerprint density at radius 3 is 2.70 bits per heavy atom. The van der Waals surface area contributed by atoms with Gasteiger partial charge in [-0.2, -0.15) is 0 Å². The van der Waals surface area contributed by atoms with E-state index in [1.807, 2.05) is 6.07 Å². The fraction of sp³-hybridized carbons (Fsp3) is 0.636. The van der Waals surface area contributed by atoms with Gasteiger partial charge >= 0.3 is 5.97 Å². The van der Waals surface area contributed by atoms with Crippen molar-refractivity contribution in [3.63, 3.8) is 0 Å². The number of aliphatic carboxylic acids is 1. The molecular formula is C22H28N6O5. The number of nitro groups is 1. The summed E-state index contributed by atoms with van der Waals surface area (Å²) in [5, 5.41) is 46.1. The van der Waals surface area contributed by atoms with Crippen molar-refractivity contribution < 1.29 is 19.9 Å². The molecule has 33 heavy (non-hydrogen) atoms. The molecule has 4 bridgehead atoms. The van der Waals surface area contributed by atoms with Gasteiger partial charge in [0.25, 0.3) is 5.69 Å². The maximum absolute atomic E-state index is 11.7. The Morgan fingerprint density at radius 2 is 2.03 bits per heavy atom. The number of rotatable bonds is 9. The number of hydrogen-bond donors (Lipinski definition) is 3. The van der Waals surface area contributed by atoms with Gasteiger partial charge in [-0.25, -0.2) is 4.68 Å². The van der Waals surface area contributed by atoms with Gasteiger partial charge in [0.05, 0.1) is 22.6 Å². The van der Waals surface area contributed by atoms with E-state index in [9.17, 15) is 20.0 Å². The van der Waals surface area contributed by atoms with Gasteiger partial charge in [-0.3, -0.25) is 14.9 Å². The van der Waals surface area contributed by atoms with E-state index in [4.69, 9.17) is 5.11 Å². The molecule has 1 heterocycles. The fourth-order valence-electron chi connectivity index (χ4n) is 6.87. The number of carboxylic acids is 1. The number of benzene rings is 1. The van der Waals surface area contributed by atoms with Crippen molar-refractivity contribution in [1.29, 1.82) is 0 Å². The van der Waals surface area contributed by atoms with Gasteiger partial charge in [0.2, 0.25) is 0 Å². The highest BCUT2D eigenvalue weighted by molar-refractivity contribution is 5.68. The van der Waals surface area contributed by atoms with Crippen molar-refractivity contribution in [1.82, 2.24) is 25.5 Å². The molecule has 4 aliphatic rings. The molecule has 6 rings (SSSR count). The molecular weight excluding hydrogens is 428 g/mol. The summed E-state index contributed by atoms with van der Waals surface area (Å²) in [7, 11) is 0. The van der Waals surface area contributed by atoms with Gasteiger partial charge in [-0.05, 0) is 77.8 Å². The van der Waals surface area contributed by atoms with E-state index in [2.05, 4.69) is 20.8 Å². The second-order valence-electron chi connectivity index (χ2n) is 10.3. The van der Waals surface area contributed by atoms with Gasteiger partial charge in [-0.1, -0.05) is 6.07 Å². The SMILES string of the molecule is O=C(O)Cc1nnnn1Cc1ccc(CNCC23CC4CC(CC(O)(C4)C2)C3)cc1[N+](=O)[O-]. The average Bonchev–Trinajstić information content (AvgIpc) is 3.12. The second-order valence-corrected chi connectivity index (χ2v) is 10.3. The Morgan fingerprint density at radius 1 is 1.27 bits per heavy atom. The first kappa shape index (κ1) is 21.9. The number of tetrazole rings is 1. The number of aromatic nitrogens is 4. The minimum absolute atomic E-state index is 0.0180. The Hall–Kier alpha value is -2.92. The highest BCUT2D eigenvalue weighted by atomic mass is 16.6.